The van der Waals surface area contributed by atoms with Gasteiger partial charge < -0.3 is 14.5 Å². The summed E-state index contributed by atoms with van der Waals surface area (Å²) in [6.45, 7) is 11.3. The van der Waals surface area contributed by atoms with Crippen molar-refractivity contribution >= 4 is 0 Å². The fourth-order valence-corrected chi connectivity index (χ4v) is 2.97. The predicted octanol–water partition coefficient (Wildman–Crippen LogP) is 2.43. The molecule has 2 heterocycles. The zero-order chi connectivity index (χ0) is 13.7. The van der Waals surface area contributed by atoms with E-state index in [1.807, 2.05) is 6.07 Å². The molecule has 1 aliphatic heterocycles. The first kappa shape index (κ1) is 14.6. The van der Waals surface area contributed by atoms with Gasteiger partial charge in [-0.1, -0.05) is 13.8 Å². The predicted molar refractivity (Wildman–Crippen MR) is 76.2 cm³/mol. The van der Waals surface area contributed by atoms with Crippen molar-refractivity contribution in [3.05, 3.63) is 24.2 Å². The molecule has 0 saturated carbocycles. The molecule has 0 amide bonds. The van der Waals surface area contributed by atoms with Gasteiger partial charge >= 0.3 is 0 Å². The monoisotopic (exact) mass is 266 g/mol. The van der Waals surface area contributed by atoms with Crippen LogP contribution < -0.4 is 5.32 Å². The van der Waals surface area contributed by atoms with Crippen molar-refractivity contribution in [2.45, 2.75) is 38.8 Å². The van der Waals surface area contributed by atoms with Crippen molar-refractivity contribution in [2.24, 2.45) is 0 Å². The van der Waals surface area contributed by atoms with Gasteiger partial charge in [0.15, 0.2) is 0 Å². The van der Waals surface area contributed by atoms with Gasteiger partial charge in [-0.25, -0.2) is 0 Å². The van der Waals surface area contributed by atoms with Crippen molar-refractivity contribution in [1.29, 1.82) is 0 Å². The van der Waals surface area contributed by atoms with E-state index >= 15 is 0 Å². The molecule has 19 heavy (non-hydrogen) atoms. The van der Waals surface area contributed by atoms with Gasteiger partial charge in [0.25, 0.3) is 0 Å². The average molecular weight is 266 g/mol. The maximum Gasteiger partial charge on any atom is 0.122 e. The molecule has 1 saturated heterocycles. The van der Waals surface area contributed by atoms with Crippen molar-refractivity contribution in [3.8, 4) is 0 Å². The van der Waals surface area contributed by atoms with Crippen molar-refractivity contribution in [1.82, 2.24) is 10.2 Å². The Morgan fingerprint density at radius 1 is 1.37 bits per heavy atom. The maximum absolute atomic E-state index is 5.67. The van der Waals surface area contributed by atoms with Gasteiger partial charge in [-0.15, -0.1) is 0 Å². The quantitative estimate of drug-likeness (QED) is 0.858. The zero-order valence-corrected chi connectivity index (χ0v) is 12.3. The number of nitrogens with zero attached hydrogens (tertiary/aromatic N) is 1. The van der Waals surface area contributed by atoms with E-state index in [0.29, 0.717) is 0 Å². The Morgan fingerprint density at radius 3 is 2.63 bits per heavy atom. The number of likely N-dealkylation sites (N-methyl/N-ethyl adjacent to an activating group) is 1. The summed E-state index contributed by atoms with van der Waals surface area (Å²) >= 11 is 0. The van der Waals surface area contributed by atoms with Gasteiger partial charge in [-0.05, 0) is 32.0 Å². The minimum absolute atomic E-state index is 0.0532. The molecule has 2 atom stereocenters. The van der Waals surface area contributed by atoms with Crippen LogP contribution in [0, 0.1) is 0 Å². The Hall–Kier alpha value is -0.840. The van der Waals surface area contributed by atoms with Crippen molar-refractivity contribution in [3.63, 3.8) is 0 Å². The molecule has 1 aromatic heterocycles. The Kier molecular flexibility index (Phi) is 5.02. The lowest BCUT2D eigenvalue weighted by molar-refractivity contribution is -0.0354. The zero-order valence-electron chi connectivity index (χ0n) is 12.3. The number of furan rings is 1. The van der Waals surface area contributed by atoms with Gasteiger partial charge in [-0.3, -0.25) is 4.90 Å². The van der Waals surface area contributed by atoms with E-state index in [1.165, 1.54) is 0 Å². The van der Waals surface area contributed by atoms with Gasteiger partial charge in [-0.2, -0.15) is 0 Å². The number of nitrogens with one attached hydrogen (secondary N) is 1. The molecule has 0 aliphatic carbocycles. The first-order chi connectivity index (χ1) is 9.22. The second-order valence-corrected chi connectivity index (χ2v) is 5.32. The fourth-order valence-electron chi connectivity index (χ4n) is 2.97. The third kappa shape index (κ3) is 3.02. The number of morpholine rings is 1. The summed E-state index contributed by atoms with van der Waals surface area (Å²) in [4.78, 5) is 2.53. The lowest BCUT2D eigenvalue weighted by Crippen LogP contribution is -2.57. The third-order valence-corrected chi connectivity index (χ3v) is 4.31. The standard InChI is InChI=1S/C15H26N2O2/c1-4-15(3,17-8-11-18-12-9-17)14(16-5-2)13-7-6-10-19-13/h6-7,10,14,16H,4-5,8-9,11-12H2,1-3H3. The summed E-state index contributed by atoms with van der Waals surface area (Å²) in [7, 11) is 0. The van der Waals surface area contributed by atoms with Gasteiger partial charge in [0, 0.05) is 18.6 Å². The van der Waals surface area contributed by atoms with Crippen LogP contribution in [0.15, 0.2) is 22.8 Å². The van der Waals surface area contributed by atoms with E-state index in [4.69, 9.17) is 9.15 Å². The smallest absolute Gasteiger partial charge is 0.122 e. The summed E-state index contributed by atoms with van der Waals surface area (Å²) in [5.41, 5.74) is 0.0532. The number of hydrogen-bond acceptors (Lipinski definition) is 4. The van der Waals surface area contributed by atoms with Crippen LogP contribution in [0.4, 0.5) is 0 Å². The van der Waals surface area contributed by atoms with Gasteiger partial charge in [0.05, 0.1) is 25.5 Å². The summed E-state index contributed by atoms with van der Waals surface area (Å²) in [6, 6.07) is 4.26. The molecule has 1 aromatic rings. The minimum Gasteiger partial charge on any atom is -0.468 e. The highest BCUT2D eigenvalue weighted by Crippen LogP contribution is 2.35. The molecule has 108 valence electrons. The molecule has 1 fully saturated rings. The molecule has 4 nitrogen and oxygen atoms in total. The first-order valence-electron chi connectivity index (χ1n) is 7.32. The van der Waals surface area contributed by atoms with Gasteiger partial charge in [0.1, 0.15) is 5.76 Å². The molecule has 2 rings (SSSR count). The number of ether oxygens (including phenoxy) is 1. The SMILES string of the molecule is CCNC(c1ccco1)C(C)(CC)N1CCOCC1. The van der Waals surface area contributed by atoms with Crippen LogP contribution in [-0.4, -0.2) is 43.3 Å². The van der Waals surface area contributed by atoms with E-state index in [9.17, 15) is 0 Å². The normalized spacial score (nSPS) is 22.1. The second-order valence-electron chi connectivity index (χ2n) is 5.32. The average Bonchev–Trinajstić information content (AvgIpc) is 2.98. The Morgan fingerprint density at radius 2 is 2.11 bits per heavy atom. The number of rotatable bonds is 6. The largest absolute Gasteiger partial charge is 0.468 e. The Bertz CT molecular complexity index is 360. The molecule has 1 N–H and O–H groups in total. The van der Waals surface area contributed by atoms with E-state index in [2.05, 4.69) is 37.1 Å². The Balaban J connectivity index is 2.24. The third-order valence-electron chi connectivity index (χ3n) is 4.31. The molecule has 0 aromatic carbocycles. The molecule has 2 unspecified atom stereocenters. The molecule has 4 heteroatoms. The summed E-state index contributed by atoms with van der Waals surface area (Å²) in [5, 5.41) is 3.60. The summed E-state index contributed by atoms with van der Waals surface area (Å²) in [6.07, 6.45) is 2.83. The van der Waals surface area contributed by atoms with E-state index in [1.54, 1.807) is 6.26 Å². The highest BCUT2D eigenvalue weighted by molar-refractivity contribution is 5.12. The molecule has 0 spiro atoms. The van der Waals surface area contributed by atoms with Crippen LogP contribution in [0.1, 0.15) is 39.0 Å². The topological polar surface area (TPSA) is 37.6 Å². The van der Waals surface area contributed by atoms with Crippen LogP contribution >= 0.6 is 0 Å². The molecule has 0 radical (unpaired) electrons. The van der Waals surface area contributed by atoms with Crippen LogP contribution in [0.25, 0.3) is 0 Å². The van der Waals surface area contributed by atoms with E-state index < -0.39 is 0 Å². The first-order valence-corrected chi connectivity index (χ1v) is 7.32. The lowest BCUT2D eigenvalue weighted by atomic mass is 9.85. The van der Waals surface area contributed by atoms with Crippen molar-refractivity contribution in [2.75, 3.05) is 32.8 Å². The van der Waals surface area contributed by atoms with Crippen LogP contribution in [-0.2, 0) is 4.74 Å². The van der Waals surface area contributed by atoms with E-state index in [0.717, 1.165) is 45.0 Å². The summed E-state index contributed by atoms with van der Waals surface area (Å²) in [5.74, 6) is 1.03. The molecule has 0 bridgehead atoms. The van der Waals surface area contributed by atoms with Crippen LogP contribution in [0.5, 0.6) is 0 Å². The maximum atomic E-state index is 5.67. The minimum atomic E-state index is 0.0532. The highest BCUT2D eigenvalue weighted by Gasteiger charge is 2.40. The Labute approximate surface area is 116 Å². The van der Waals surface area contributed by atoms with Crippen LogP contribution in [0.3, 0.4) is 0 Å². The second kappa shape index (κ2) is 6.55. The molecular weight excluding hydrogens is 240 g/mol. The van der Waals surface area contributed by atoms with Crippen molar-refractivity contribution < 1.29 is 9.15 Å². The van der Waals surface area contributed by atoms with E-state index in [-0.39, 0.29) is 11.6 Å². The lowest BCUT2D eigenvalue weighted by Gasteiger charge is -2.47. The molecular formula is C15H26N2O2. The van der Waals surface area contributed by atoms with Crippen LogP contribution in [0.2, 0.25) is 0 Å². The number of hydrogen-bond donors (Lipinski definition) is 1. The highest BCUT2D eigenvalue weighted by atomic mass is 16.5. The fraction of sp³-hybridized carbons (Fsp3) is 0.733. The summed E-state index contributed by atoms with van der Waals surface area (Å²) < 4.78 is 11.2. The molecule has 1 aliphatic rings. The van der Waals surface area contributed by atoms with Gasteiger partial charge in [0.2, 0.25) is 0 Å².